The Morgan fingerprint density at radius 3 is 1.31 bits per heavy atom. The van der Waals surface area contributed by atoms with Gasteiger partial charge in [-0.3, -0.25) is 4.70 Å². The number of hydrogen-bond donors (Lipinski definition) is 3. The van der Waals surface area contributed by atoms with E-state index in [4.69, 9.17) is 5.11 Å². The van der Waals surface area contributed by atoms with Gasteiger partial charge in [0.2, 0.25) is 0 Å². The molecular formula is C51H66FLiO3S6. The molecular weight excluding hydrogens is 879 g/mol. The third-order valence-corrected chi connectivity index (χ3v) is 19.5. The van der Waals surface area contributed by atoms with Gasteiger partial charge in [0, 0.05) is 1.43 Å². The number of hydrogen-bond acceptors (Lipinski definition) is 8. The van der Waals surface area contributed by atoms with Crippen LogP contribution in [-0.2, 0) is 19.0 Å². The van der Waals surface area contributed by atoms with Gasteiger partial charge in [-0.1, -0.05) is 118 Å². The van der Waals surface area contributed by atoms with E-state index in [9.17, 15) is 4.79 Å². The van der Waals surface area contributed by atoms with Crippen molar-refractivity contribution in [3.05, 3.63) is 141 Å². The first kappa shape index (κ1) is 54.7. The predicted molar refractivity (Wildman–Crippen MR) is 281 cm³/mol. The van der Waals surface area contributed by atoms with Crippen LogP contribution in [0.15, 0.2) is 84.9 Å². The second-order valence-corrected chi connectivity index (χ2v) is 24.3. The molecule has 4 aromatic rings. The van der Waals surface area contributed by atoms with Gasteiger partial charge in [-0.15, -0.1) is 47.0 Å². The van der Waals surface area contributed by atoms with Gasteiger partial charge in [0.25, 0.3) is 0 Å². The van der Waals surface area contributed by atoms with Gasteiger partial charge in [-0.2, -0.15) is 25.3 Å². The Bertz CT molecular complexity index is 2100. The molecule has 62 heavy (non-hydrogen) atoms. The number of rotatable bonds is 7. The van der Waals surface area contributed by atoms with Gasteiger partial charge in [0.05, 0.1) is 13.7 Å². The molecule has 0 atom stereocenters. The van der Waals surface area contributed by atoms with E-state index in [0.717, 1.165) is 23.5 Å². The summed E-state index contributed by atoms with van der Waals surface area (Å²) < 4.78 is 0.507. The summed E-state index contributed by atoms with van der Waals surface area (Å²) in [4.78, 5) is 11.0. The summed E-state index contributed by atoms with van der Waals surface area (Å²) in [7, 11) is 0. The molecule has 2 spiro atoms. The van der Waals surface area contributed by atoms with E-state index in [-0.39, 0.29) is 44.0 Å². The molecule has 2 saturated heterocycles. The number of fused-ring (bicyclic) bond motifs is 4. The van der Waals surface area contributed by atoms with Crippen LogP contribution in [-0.4, -0.2) is 51.1 Å². The summed E-state index contributed by atoms with van der Waals surface area (Å²) in [6.07, 6.45) is 17.6. The summed E-state index contributed by atoms with van der Waals surface area (Å²) >= 11 is 16.6. The molecule has 2 heterocycles. The molecule has 4 aromatic carbocycles. The number of aromatic carboxylic acids is 1. The molecule has 0 saturated carbocycles. The Hall–Kier alpha value is -1.58. The van der Waals surface area contributed by atoms with Crippen LogP contribution < -0.4 is 18.9 Å². The fraction of sp³-hybridized carbons (Fsp3) is 0.431. The van der Waals surface area contributed by atoms with E-state index in [1.54, 1.807) is 23.3 Å². The van der Waals surface area contributed by atoms with Gasteiger partial charge in [-0.25, -0.2) is 4.79 Å². The summed E-state index contributed by atoms with van der Waals surface area (Å²) in [6.45, 7) is 11.7. The normalized spacial score (nSPS) is 18.6. The van der Waals surface area contributed by atoms with Crippen LogP contribution in [0.5, 0.6) is 0 Å². The minimum Gasteiger partial charge on any atom is -0.870 e. The number of halogens is 1. The maximum atomic E-state index is 11.0. The standard InChI is InChI=1S/C24H26O2S2.C24H28S2.C3H8S2.FH.Li.H2O.H2/c1-23(2)12-13-24(27-14-3-15-28-24)21-16-18(8-11-20(21)23)5-4-17-6-9-19(10-7-17)22(25)26;1-18-5-7-19(8-6-18)9-10-20-11-12-21-22(17-20)24(14-13-23(21,2)3)25-15-4-16-26-24;4-2-1-3-5;;;;/h4-11,16H,3,12-15H2,1-2H3,(H,25,26);5-12,17H,4,13-16H2,1-3H3;4-5H,1-3H2;1H;;1H2;1H/q;;;;+1;;/p-1/b5-4+;10-9+;;;;;/i;;;;;;1+2. The third-order valence-electron chi connectivity index (χ3n) is 11.9. The Morgan fingerprint density at radius 1 is 0.597 bits per heavy atom. The minimum absolute atomic E-state index is 0. The maximum Gasteiger partial charge on any atom is 1.00 e. The predicted octanol–water partition coefficient (Wildman–Crippen LogP) is 12.4. The number of carboxylic acids is 1. The van der Waals surface area contributed by atoms with Crippen molar-refractivity contribution in [2.45, 2.75) is 98.6 Å². The van der Waals surface area contributed by atoms with Crippen molar-refractivity contribution in [1.29, 1.82) is 0 Å². The van der Waals surface area contributed by atoms with E-state index < -0.39 is 5.97 Å². The SMILES string of the molecule is CC1(C)CCC2(SCCCS2)c2cc(/C=C/c3ccc(C(=O)O)cc3)ccc21.Cc1ccc(/C=C/c2ccc3c(c2)C2(CCC3(C)C)SCCCS2)cc1.F.SCCCS.[3HH].[Li+].[OH-]. The van der Waals surface area contributed by atoms with Crippen LogP contribution >= 0.6 is 72.3 Å². The quantitative estimate of drug-likeness (QED) is 0.0969. The number of carboxylic acid groups (broad SMARTS) is 1. The Labute approximate surface area is 413 Å². The molecule has 2 aliphatic heterocycles. The van der Waals surface area contributed by atoms with Crippen molar-refractivity contribution >= 4 is 103 Å². The molecule has 4 aliphatic rings. The Kier molecular flexibility index (Phi) is 21.9. The van der Waals surface area contributed by atoms with Crippen LogP contribution in [0, 0.1) is 6.92 Å². The first-order chi connectivity index (χ1) is 28.3. The summed E-state index contributed by atoms with van der Waals surface area (Å²) in [5.41, 5.74) is 13.2. The average molecular weight is 947 g/mol. The Morgan fingerprint density at radius 2 is 0.952 bits per heavy atom. The van der Waals surface area contributed by atoms with E-state index in [1.807, 2.05) is 12.1 Å². The maximum absolute atomic E-state index is 11.0. The molecule has 0 bridgehead atoms. The van der Waals surface area contributed by atoms with Crippen molar-refractivity contribution < 1.29 is 40.4 Å². The van der Waals surface area contributed by atoms with Crippen LogP contribution in [0.2, 0.25) is 0 Å². The first-order valence-electron chi connectivity index (χ1n) is 21.1. The molecule has 2 aliphatic carbocycles. The zero-order valence-electron chi connectivity index (χ0n) is 37.3. The van der Waals surface area contributed by atoms with Gasteiger partial charge < -0.3 is 10.6 Å². The summed E-state index contributed by atoms with van der Waals surface area (Å²) in [5, 5.41) is 9.04. The van der Waals surface area contributed by atoms with Crippen molar-refractivity contribution in [2.75, 3.05) is 34.5 Å². The number of thioether (sulfide) groups is 4. The Balaban J connectivity index is 0.000000371. The molecule has 332 valence electrons. The molecule has 3 nitrogen and oxygen atoms in total. The number of aryl methyl sites for hydroxylation is 1. The summed E-state index contributed by atoms with van der Waals surface area (Å²) in [6, 6.07) is 29.9. The van der Waals surface area contributed by atoms with Gasteiger partial charge in [0.1, 0.15) is 0 Å². The smallest absolute Gasteiger partial charge is 0.870 e. The molecule has 0 radical (unpaired) electrons. The van der Waals surface area contributed by atoms with E-state index >= 15 is 0 Å². The van der Waals surface area contributed by atoms with Crippen molar-refractivity contribution in [1.82, 2.24) is 0 Å². The molecule has 11 heteroatoms. The second kappa shape index (κ2) is 24.8. The van der Waals surface area contributed by atoms with Crippen molar-refractivity contribution in [3.63, 3.8) is 0 Å². The van der Waals surface area contributed by atoms with E-state index in [0.29, 0.717) is 11.0 Å². The van der Waals surface area contributed by atoms with Gasteiger partial charge in [0.15, 0.2) is 0 Å². The van der Waals surface area contributed by atoms with Crippen molar-refractivity contribution in [2.24, 2.45) is 0 Å². The van der Waals surface area contributed by atoms with Crippen LogP contribution in [0.4, 0.5) is 4.70 Å². The fourth-order valence-electron chi connectivity index (χ4n) is 8.25. The fourth-order valence-corrected chi connectivity index (χ4v) is 15.6. The molecule has 8 rings (SSSR count). The number of benzene rings is 4. The summed E-state index contributed by atoms with van der Waals surface area (Å²) in [5.74, 6) is 6.14. The second-order valence-electron chi connectivity index (χ2n) is 17.3. The number of carbonyl (C=O) groups is 1. The average Bonchev–Trinajstić information content (AvgIpc) is 3.25. The zero-order chi connectivity index (χ0) is 42.1. The topological polar surface area (TPSA) is 67.3 Å². The largest absolute Gasteiger partial charge is 1.00 e. The molecule has 2 fully saturated rings. The molecule has 2 N–H and O–H groups in total. The third kappa shape index (κ3) is 13.7. The molecule has 0 unspecified atom stereocenters. The first-order valence-corrected chi connectivity index (χ1v) is 26.3. The van der Waals surface area contributed by atoms with Gasteiger partial charge >= 0.3 is 24.8 Å². The monoisotopic (exact) mass is 946 g/mol. The van der Waals surface area contributed by atoms with E-state index in [2.05, 4.69) is 192 Å². The van der Waals surface area contributed by atoms with Crippen LogP contribution in [0.1, 0.15) is 134 Å². The minimum atomic E-state index is -0.888. The van der Waals surface area contributed by atoms with Gasteiger partial charge in [-0.05, 0) is 166 Å². The molecule has 0 aromatic heterocycles. The van der Waals surface area contributed by atoms with E-state index in [1.165, 1.54) is 94.9 Å². The van der Waals surface area contributed by atoms with Crippen LogP contribution in [0.3, 0.4) is 0 Å². The van der Waals surface area contributed by atoms with Crippen molar-refractivity contribution in [3.8, 4) is 0 Å². The molecule has 0 amide bonds. The number of thiol groups is 2. The van der Waals surface area contributed by atoms with Crippen LogP contribution in [0.25, 0.3) is 24.3 Å². The zero-order valence-corrected chi connectivity index (χ0v) is 42.4.